The number of carbonyl (C=O) groups excluding carboxylic acids is 2. The van der Waals surface area contributed by atoms with Crippen LogP contribution in [-0.2, 0) is 18.2 Å². The maximum Gasteiger partial charge on any atom is 0.414 e. The molecule has 0 bridgehead atoms. The highest BCUT2D eigenvalue weighted by molar-refractivity contribution is 6.12. The molecule has 3 heterocycles. The van der Waals surface area contributed by atoms with Gasteiger partial charge >= 0.3 is 6.09 Å². The lowest BCUT2D eigenvalue weighted by Crippen LogP contribution is -2.23. The Hall–Kier alpha value is -3.55. The molecule has 1 aromatic heterocycles. The first-order valence-electron chi connectivity index (χ1n) is 9.09. The number of amides is 2. The normalized spacial score (nSPS) is 15.5. The minimum atomic E-state index is -0.396. The topological polar surface area (TPSA) is 85.7 Å². The Bertz CT molecular complexity index is 1120. The Morgan fingerprint density at radius 2 is 2.07 bits per heavy atom. The molecule has 1 fully saturated rings. The number of rotatable bonds is 3. The molecule has 5 rings (SSSR count). The molecule has 0 atom stereocenters. The van der Waals surface area contributed by atoms with Crippen molar-refractivity contribution in [2.75, 3.05) is 30.0 Å². The zero-order valence-electron chi connectivity index (χ0n) is 15.3. The van der Waals surface area contributed by atoms with Gasteiger partial charge in [-0.3, -0.25) is 14.4 Å². The van der Waals surface area contributed by atoms with Crippen LogP contribution in [0.25, 0.3) is 10.9 Å². The van der Waals surface area contributed by atoms with Gasteiger partial charge in [0.2, 0.25) is 0 Å². The first-order valence-corrected chi connectivity index (χ1v) is 9.09. The van der Waals surface area contributed by atoms with E-state index in [0.717, 1.165) is 23.3 Å². The average molecular weight is 378 g/mol. The summed E-state index contributed by atoms with van der Waals surface area (Å²) < 4.78 is 12.3. The average Bonchev–Trinajstić information content (AvgIpc) is 3.40. The molecule has 2 aliphatic rings. The SMILES string of the molecule is Cn1nc(NC(=O)c2ccc3c(c2)CCO3)c2c(N3CCOC3=O)cccc21. The molecule has 1 saturated heterocycles. The van der Waals surface area contributed by atoms with Crippen LogP contribution in [0.15, 0.2) is 36.4 Å². The van der Waals surface area contributed by atoms with Gasteiger partial charge in [0.05, 0.1) is 29.7 Å². The van der Waals surface area contributed by atoms with E-state index in [4.69, 9.17) is 9.47 Å². The van der Waals surface area contributed by atoms with Crippen molar-refractivity contribution >= 4 is 34.4 Å². The van der Waals surface area contributed by atoms with E-state index in [2.05, 4.69) is 10.4 Å². The molecule has 8 heteroatoms. The smallest absolute Gasteiger partial charge is 0.414 e. The zero-order valence-corrected chi connectivity index (χ0v) is 15.3. The number of nitrogens with one attached hydrogen (secondary N) is 1. The minimum Gasteiger partial charge on any atom is -0.493 e. The van der Waals surface area contributed by atoms with Gasteiger partial charge in [-0.15, -0.1) is 0 Å². The Kier molecular flexibility index (Phi) is 3.71. The molecule has 0 saturated carbocycles. The van der Waals surface area contributed by atoms with Gasteiger partial charge in [0.15, 0.2) is 5.82 Å². The van der Waals surface area contributed by atoms with E-state index in [1.165, 1.54) is 0 Å². The van der Waals surface area contributed by atoms with Crippen LogP contribution in [0.1, 0.15) is 15.9 Å². The van der Waals surface area contributed by atoms with E-state index in [0.29, 0.717) is 42.2 Å². The fourth-order valence-electron chi connectivity index (χ4n) is 3.73. The van der Waals surface area contributed by atoms with E-state index in [1.54, 1.807) is 22.7 Å². The molecular formula is C20H18N4O4. The Labute approximate surface area is 160 Å². The maximum atomic E-state index is 12.9. The zero-order chi connectivity index (χ0) is 19.3. The van der Waals surface area contributed by atoms with Crippen LogP contribution in [0, 0.1) is 0 Å². The van der Waals surface area contributed by atoms with Crippen LogP contribution in [-0.4, -0.2) is 41.5 Å². The minimum absolute atomic E-state index is 0.256. The summed E-state index contributed by atoms with van der Waals surface area (Å²) in [4.78, 5) is 26.5. The summed E-state index contributed by atoms with van der Waals surface area (Å²) in [6.07, 6.45) is 0.400. The summed E-state index contributed by atoms with van der Waals surface area (Å²) in [5, 5.41) is 8.08. The summed E-state index contributed by atoms with van der Waals surface area (Å²) >= 11 is 0. The number of ether oxygens (including phenoxy) is 2. The number of aryl methyl sites for hydroxylation is 1. The molecule has 0 unspecified atom stereocenters. The number of nitrogens with zero attached hydrogens (tertiary/aromatic N) is 3. The molecule has 0 aliphatic carbocycles. The molecule has 0 spiro atoms. The van der Waals surface area contributed by atoms with E-state index in [-0.39, 0.29) is 5.91 Å². The van der Waals surface area contributed by atoms with Crippen molar-refractivity contribution in [1.82, 2.24) is 9.78 Å². The van der Waals surface area contributed by atoms with E-state index in [9.17, 15) is 9.59 Å². The first-order chi connectivity index (χ1) is 13.6. The summed E-state index contributed by atoms with van der Waals surface area (Å²) in [5.74, 6) is 0.984. The fraction of sp³-hybridized carbons (Fsp3) is 0.250. The highest BCUT2D eigenvalue weighted by Gasteiger charge is 2.28. The molecule has 3 aromatic rings. The summed E-state index contributed by atoms with van der Waals surface area (Å²) in [7, 11) is 1.80. The third-order valence-electron chi connectivity index (χ3n) is 5.09. The molecule has 28 heavy (non-hydrogen) atoms. The van der Waals surface area contributed by atoms with Gasteiger partial charge in [-0.25, -0.2) is 4.79 Å². The van der Waals surface area contributed by atoms with Gasteiger partial charge in [0.25, 0.3) is 5.91 Å². The van der Waals surface area contributed by atoms with Crippen LogP contribution in [0.3, 0.4) is 0 Å². The summed E-state index contributed by atoms with van der Waals surface area (Å²) in [6, 6.07) is 11.0. The number of anilines is 2. The van der Waals surface area contributed by atoms with Crippen LogP contribution in [0.5, 0.6) is 5.75 Å². The number of aromatic nitrogens is 2. The number of benzene rings is 2. The molecule has 142 valence electrons. The van der Waals surface area contributed by atoms with E-state index < -0.39 is 6.09 Å². The molecule has 2 amide bonds. The quantitative estimate of drug-likeness (QED) is 0.757. The van der Waals surface area contributed by atoms with Crippen molar-refractivity contribution in [2.24, 2.45) is 7.05 Å². The van der Waals surface area contributed by atoms with Gasteiger partial charge in [0.1, 0.15) is 12.4 Å². The van der Waals surface area contributed by atoms with Crippen molar-refractivity contribution in [3.8, 4) is 5.75 Å². The number of carbonyl (C=O) groups is 2. The van der Waals surface area contributed by atoms with Gasteiger partial charge in [-0.2, -0.15) is 5.10 Å². The van der Waals surface area contributed by atoms with E-state index in [1.807, 2.05) is 30.3 Å². The van der Waals surface area contributed by atoms with Crippen molar-refractivity contribution < 1.29 is 19.1 Å². The summed E-state index contributed by atoms with van der Waals surface area (Å²) in [6.45, 7) is 1.44. The molecule has 8 nitrogen and oxygen atoms in total. The second kappa shape index (κ2) is 6.26. The second-order valence-electron chi connectivity index (χ2n) is 6.78. The third-order valence-corrected chi connectivity index (χ3v) is 5.09. The first kappa shape index (κ1) is 16.6. The van der Waals surface area contributed by atoms with Crippen LogP contribution < -0.4 is 15.0 Å². The van der Waals surface area contributed by atoms with Crippen molar-refractivity contribution in [1.29, 1.82) is 0 Å². The number of fused-ring (bicyclic) bond motifs is 2. The van der Waals surface area contributed by atoms with Crippen LogP contribution in [0.4, 0.5) is 16.3 Å². The lowest BCUT2D eigenvalue weighted by molar-refractivity contribution is 0.102. The molecule has 2 aromatic carbocycles. The molecule has 0 radical (unpaired) electrons. The van der Waals surface area contributed by atoms with Gasteiger partial charge < -0.3 is 14.8 Å². The lowest BCUT2D eigenvalue weighted by Gasteiger charge is -2.14. The van der Waals surface area contributed by atoms with Crippen LogP contribution >= 0.6 is 0 Å². The van der Waals surface area contributed by atoms with Gasteiger partial charge in [-0.05, 0) is 35.9 Å². The predicted molar refractivity (Wildman–Crippen MR) is 103 cm³/mol. The Balaban J connectivity index is 1.54. The maximum absolute atomic E-state index is 12.9. The molecular weight excluding hydrogens is 360 g/mol. The summed E-state index contributed by atoms with van der Waals surface area (Å²) in [5.41, 5.74) is 3.06. The van der Waals surface area contributed by atoms with Crippen LogP contribution in [0.2, 0.25) is 0 Å². The standard InChI is InChI=1S/C20H18N4O4/c1-23-14-3-2-4-15(24-8-10-28-20(24)26)17(14)18(22-23)21-19(25)13-5-6-16-12(11-13)7-9-27-16/h2-6,11H,7-10H2,1H3,(H,21,22,25). The van der Waals surface area contributed by atoms with Gasteiger partial charge in [0, 0.05) is 19.0 Å². The van der Waals surface area contributed by atoms with E-state index >= 15 is 0 Å². The monoisotopic (exact) mass is 378 g/mol. The Morgan fingerprint density at radius 3 is 2.89 bits per heavy atom. The third kappa shape index (κ3) is 2.57. The number of hydrogen-bond acceptors (Lipinski definition) is 5. The number of hydrogen-bond donors (Lipinski definition) is 1. The molecule has 2 aliphatic heterocycles. The second-order valence-corrected chi connectivity index (χ2v) is 6.78. The highest BCUT2D eigenvalue weighted by atomic mass is 16.6. The fourth-order valence-corrected chi connectivity index (χ4v) is 3.73. The van der Waals surface area contributed by atoms with Gasteiger partial charge in [-0.1, -0.05) is 6.07 Å². The lowest BCUT2D eigenvalue weighted by atomic mass is 10.1. The van der Waals surface area contributed by atoms with Crippen molar-refractivity contribution in [2.45, 2.75) is 6.42 Å². The largest absolute Gasteiger partial charge is 0.493 e. The Morgan fingerprint density at radius 1 is 1.18 bits per heavy atom. The van der Waals surface area contributed by atoms with Crippen molar-refractivity contribution in [3.05, 3.63) is 47.5 Å². The van der Waals surface area contributed by atoms with Crippen molar-refractivity contribution in [3.63, 3.8) is 0 Å². The number of cyclic esters (lactones) is 1. The highest BCUT2D eigenvalue weighted by Crippen LogP contribution is 2.34. The predicted octanol–water partition coefficient (Wildman–Crippen LogP) is 2.72. The molecule has 1 N–H and O–H groups in total.